The number of carbonyl (C=O) groups excluding carboxylic acids is 2. The van der Waals surface area contributed by atoms with Gasteiger partial charge in [-0.05, 0) is 36.2 Å². The molecule has 0 aliphatic heterocycles. The average Bonchev–Trinajstić information content (AvgIpc) is 2.45. The largest absolute Gasteiger partial charge is 0.335 e. The van der Waals surface area contributed by atoms with Gasteiger partial charge >= 0.3 is 0 Å². The predicted octanol–water partition coefficient (Wildman–Crippen LogP) is 3.60. The lowest BCUT2D eigenvalue weighted by Crippen LogP contribution is -2.32. The summed E-state index contributed by atoms with van der Waals surface area (Å²) in [6, 6.07) is 14.9. The Morgan fingerprint density at radius 1 is 1.10 bits per heavy atom. The number of hydrogen-bond donors (Lipinski definition) is 0. The van der Waals surface area contributed by atoms with Gasteiger partial charge in [0.25, 0.3) is 5.91 Å². The van der Waals surface area contributed by atoms with Crippen LogP contribution in [0.15, 0.2) is 53.0 Å². The molecule has 0 unspecified atom stereocenters. The molecule has 0 radical (unpaired) electrons. The van der Waals surface area contributed by atoms with Crippen molar-refractivity contribution < 1.29 is 9.59 Å². The molecule has 0 N–H and O–H groups in total. The summed E-state index contributed by atoms with van der Waals surface area (Å²) in [6.45, 7) is 2.30. The molecule has 21 heavy (non-hydrogen) atoms. The molecule has 0 heterocycles. The molecule has 108 valence electrons. The van der Waals surface area contributed by atoms with Crippen molar-refractivity contribution in [3.8, 4) is 0 Å². The molecule has 2 aromatic rings. The molecule has 0 atom stereocenters. The van der Waals surface area contributed by atoms with Crippen molar-refractivity contribution in [2.24, 2.45) is 0 Å². The highest BCUT2D eigenvalue weighted by Crippen LogP contribution is 2.16. The molecular weight excluding hydrogens is 330 g/mol. The maximum Gasteiger partial charge on any atom is 0.295 e. The van der Waals surface area contributed by atoms with E-state index in [1.54, 1.807) is 19.2 Å². The van der Waals surface area contributed by atoms with E-state index in [1.807, 2.05) is 43.3 Å². The van der Waals surface area contributed by atoms with Crippen LogP contribution in [0.25, 0.3) is 0 Å². The summed E-state index contributed by atoms with van der Waals surface area (Å²) in [5, 5.41) is 0. The summed E-state index contributed by atoms with van der Waals surface area (Å²) < 4.78 is 0.796. The first kappa shape index (κ1) is 15.4. The molecule has 0 aromatic heterocycles. The lowest BCUT2D eigenvalue weighted by Gasteiger charge is -2.16. The fraction of sp³-hybridized carbons (Fsp3) is 0.176. The fourth-order valence-corrected chi connectivity index (χ4v) is 2.70. The van der Waals surface area contributed by atoms with E-state index in [1.165, 1.54) is 4.90 Å². The fourth-order valence-electron chi connectivity index (χ4n) is 2.09. The standard InChI is InChI=1S/C17H16BrNO2/c1-12-8-14(10-15(18)9-12)16(20)17(21)19(2)11-13-6-4-3-5-7-13/h3-10H,11H2,1-2H3. The Balaban J connectivity index is 2.13. The van der Waals surface area contributed by atoms with Crippen molar-refractivity contribution in [3.63, 3.8) is 0 Å². The van der Waals surface area contributed by atoms with Gasteiger partial charge < -0.3 is 4.90 Å². The predicted molar refractivity (Wildman–Crippen MR) is 86.1 cm³/mol. The number of hydrogen-bond acceptors (Lipinski definition) is 2. The number of nitrogens with zero attached hydrogens (tertiary/aromatic N) is 1. The number of ketones is 1. The Morgan fingerprint density at radius 2 is 1.76 bits per heavy atom. The highest BCUT2D eigenvalue weighted by Gasteiger charge is 2.21. The van der Waals surface area contributed by atoms with Crippen molar-refractivity contribution in [1.29, 1.82) is 0 Å². The number of aryl methyl sites for hydroxylation is 1. The number of carbonyl (C=O) groups is 2. The highest BCUT2D eigenvalue weighted by molar-refractivity contribution is 9.10. The van der Waals surface area contributed by atoms with Crippen LogP contribution in [0.1, 0.15) is 21.5 Å². The molecule has 0 aliphatic rings. The second-order valence-electron chi connectivity index (χ2n) is 4.99. The minimum atomic E-state index is -0.503. The summed E-state index contributed by atoms with van der Waals surface area (Å²) >= 11 is 3.34. The number of Topliss-reactive ketones (excluding diaryl/α,β-unsaturated/α-hetero) is 1. The maximum absolute atomic E-state index is 12.3. The molecule has 4 heteroatoms. The Labute approximate surface area is 132 Å². The van der Waals surface area contributed by atoms with E-state index in [9.17, 15) is 9.59 Å². The van der Waals surface area contributed by atoms with Crippen molar-refractivity contribution in [1.82, 2.24) is 4.90 Å². The topological polar surface area (TPSA) is 37.4 Å². The SMILES string of the molecule is Cc1cc(Br)cc(C(=O)C(=O)N(C)Cc2ccccc2)c1. The number of likely N-dealkylation sites (N-methyl/N-ethyl adjacent to an activating group) is 1. The lowest BCUT2D eigenvalue weighted by atomic mass is 10.1. The first-order valence-corrected chi connectivity index (χ1v) is 7.37. The Bertz CT molecular complexity index is 647. The first-order valence-electron chi connectivity index (χ1n) is 6.58. The lowest BCUT2D eigenvalue weighted by molar-refractivity contribution is -0.125. The average molecular weight is 346 g/mol. The van der Waals surface area contributed by atoms with E-state index >= 15 is 0 Å². The third kappa shape index (κ3) is 4.02. The minimum absolute atomic E-state index is 0.409. The van der Waals surface area contributed by atoms with Crippen LogP contribution in [-0.2, 0) is 11.3 Å². The summed E-state index contributed by atoms with van der Waals surface area (Å²) in [7, 11) is 1.64. The third-order valence-corrected chi connectivity index (χ3v) is 3.57. The maximum atomic E-state index is 12.3. The number of halogens is 1. The zero-order valence-corrected chi connectivity index (χ0v) is 13.6. The zero-order valence-electron chi connectivity index (χ0n) is 12.0. The van der Waals surface area contributed by atoms with Gasteiger partial charge in [0.1, 0.15) is 0 Å². The van der Waals surface area contributed by atoms with Crippen LogP contribution in [0, 0.1) is 6.92 Å². The van der Waals surface area contributed by atoms with Gasteiger partial charge in [-0.2, -0.15) is 0 Å². The van der Waals surface area contributed by atoms with Crippen LogP contribution in [0.4, 0.5) is 0 Å². The van der Waals surface area contributed by atoms with Gasteiger partial charge in [-0.3, -0.25) is 9.59 Å². The molecule has 0 saturated heterocycles. The second kappa shape index (κ2) is 6.68. The molecule has 0 saturated carbocycles. The van der Waals surface area contributed by atoms with Crippen LogP contribution in [0.5, 0.6) is 0 Å². The summed E-state index contributed by atoms with van der Waals surface area (Å²) in [5.74, 6) is -0.991. The third-order valence-electron chi connectivity index (χ3n) is 3.11. The van der Waals surface area contributed by atoms with Gasteiger partial charge in [0.15, 0.2) is 0 Å². The molecular formula is C17H16BrNO2. The second-order valence-corrected chi connectivity index (χ2v) is 5.91. The minimum Gasteiger partial charge on any atom is -0.335 e. The van der Waals surface area contributed by atoms with E-state index in [0.717, 1.165) is 15.6 Å². The highest BCUT2D eigenvalue weighted by atomic mass is 79.9. The van der Waals surface area contributed by atoms with Gasteiger partial charge in [0.2, 0.25) is 5.78 Å². The zero-order chi connectivity index (χ0) is 15.4. The molecule has 0 bridgehead atoms. The van der Waals surface area contributed by atoms with Crippen molar-refractivity contribution in [2.45, 2.75) is 13.5 Å². The number of rotatable bonds is 4. The number of amides is 1. The molecule has 0 spiro atoms. The first-order chi connectivity index (χ1) is 9.97. The summed E-state index contributed by atoms with van der Waals surface area (Å²) in [4.78, 5) is 25.9. The summed E-state index contributed by atoms with van der Waals surface area (Å²) in [5.41, 5.74) is 2.34. The Morgan fingerprint density at radius 3 is 2.38 bits per heavy atom. The molecule has 1 amide bonds. The normalized spacial score (nSPS) is 10.2. The quantitative estimate of drug-likeness (QED) is 0.627. The van der Waals surface area contributed by atoms with Crippen LogP contribution in [-0.4, -0.2) is 23.6 Å². The molecule has 2 rings (SSSR count). The van der Waals surface area contributed by atoms with E-state index in [4.69, 9.17) is 0 Å². The van der Waals surface area contributed by atoms with Gasteiger partial charge in [0.05, 0.1) is 0 Å². The van der Waals surface area contributed by atoms with E-state index in [0.29, 0.717) is 12.1 Å². The van der Waals surface area contributed by atoms with E-state index in [2.05, 4.69) is 15.9 Å². The van der Waals surface area contributed by atoms with Crippen LogP contribution < -0.4 is 0 Å². The van der Waals surface area contributed by atoms with Gasteiger partial charge in [-0.1, -0.05) is 46.3 Å². The molecule has 2 aromatic carbocycles. The van der Waals surface area contributed by atoms with Crippen molar-refractivity contribution >= 4 is 27.6 Å². The molecule has 0 aliphatic carbocycles. The van der Waals surface area contributed by atoms with Crippen LogP contribution >= 0.6 is 15.9 Å². The Kier molecular flexibility index (Phi) is 4.91. The molecule has 3 nitrogen and oxygen atoms in total. The smallest absolute Gasteiger partial charge is 0.295 e. The van der Waals surface area contributed by atoms with Crippen molar-refractivity contribution in [3.05, 3.63) is 69.7 Å². The van der Waals surface area contributed by atoms with Crippen LogP contribution in [0.3, 0.4) is 0 Å². The van der Waals surface area contributed by atoms with E-state index < -0.39 is 11.7 Å². The molecule has 0 fully saturated rings. The summed E-state index contributed by atoms with van der Waals surface area (Å²) in [6.07, 6.45) is 0. The van der Waals surface area contributed by atoms with E-state index in [-0.39, 0.29) is 0 Å². The van der Waals surface area contributed by atoms with Crippen LogP contribution in [0.2, 0.25) is 0 Å². The number of benzene rings is 2. The Hall–Kier alpha value is -1.94. The monoisotopic (exact) mass is 345 g/mol. The van der Waals surface area contributed by atoms with Gasteiger partial charge in [0, 0.05) is 23.6 Å². The van der Waals surface area contributed by atoms with Crippen molar-refractivity contribution in [2.75, 3.05) is 7.05 Å². The van der Waals surface area contributed by atoms with Gasteiger partial charge in [-0.15, -0.1) is 0 Å². The van der Waals surface area contributed by atoms with Gasteiger partial charge in [-0.25, -0.2) is 0 Å².